The minimum atomic E-state index is -0.220. The van der Waals surface area contributed by atoms with Crippen LogP contribution in [0.3, 0.4) is 0 Å². The molecule has 0 spiro atoms. The Hall–Kier alpha value is -2.87. The number of rotatable bonds is 5. The van der Waals surface area contributed by atoms with Gasteiger partial charge >= 0.3 is 0 Å². The summed E-state index contributed by atoms with van der Waals surface area (Å²) in [4.78, 5) is 12.2. The van der Waals surface area contributed by atoms with Gasteiger partial charge in [0.2, 0.25) is 0 Å². The number of halogens is 1. The third kappa shape index (κ3) is 4.17. The predicted molar refractivity (Wildman–Crippen MR) is 107 cm³/mol. The summed E-state index contributed by atoms with van der Waals surface area (Å²) in [5, 5.41) is 8.51. The molecule has 1 aliphatic heterocycles. The number of nitrogens with zero attached hydrogens (tertiary/aromatic N) is 4. The molecule has 0 atom stereocenters. The van der Waals surface area contributed by atoms with Crippen molar-refractivity contribution in [1.29, 1.82) is 0 Å². The average Bonchev–Trinajstić information content (AvgIpc) is 3.36. The molecule has 0 unspecified atom stereocenters. The Labute approximate surface area is 163 Å². The number of benzene rings is 1. The molecular formula is C20H25FN6O. The van der Waals surface area contributed by atoms with Gasteiger partial charge in [-0.05, 0) is 30.2 Å². The first-order chi connectivity index (χ1) is 13.7. The van der Waals surface area contributed by atoms with Crippen molar-refractivity contribution in [2.75, 3.05) is 39.8 Å². The molecule has 3 heterocycles. The van der Waals surface area contributed by atoms with Gasteiger partial charge in [-0.2, -0.15) is 0 Å². The fourth-order valence-corrected chi connectivity index (χ4v) is 3.67. The molecule has 8 heteroatoms. The second kappa shape index (κ2) is 8.43. The zero-order chi connectivity index (χ0) is 19.3. The zero-order valence-corrected chi connectivity index (χ0v) is 16.0. The first-order valence-electron chi connectivity index (χ1n) is 9.55. The van der Waals surface area contributed by atoms with Gasteiger partial charge in [-0.25, -0.2) is 4.39 Å². The molecule has 0 amide bonds. The fraction of sp³-hybridized carbons (Fsp3) is 0.400. The van der Waals surface area contributed by atoms with Gasteiger partial charge in [0, 0.05) is 69.5 Å². The summed E-state index contributed by atoms with van der Waals surface area (Å²) in [7, 11) is 1.82. The third-order valence-electron chi connectivity index (χ3n) is 5.17. The Morgan fingerprint density at radius 2 is 2.14 bits per heavy atom. The van der Waals surface area contributed by atoms with Crippen LogP contribution >= 0.6 is 0 Å². The summed E-state index contributed by atoms with van der Waals surface area (Å²) < 4.78 is 18.2. The van der Waals surface area contributed by atoms with Crippen LogP contribution in [-0.4, -0.2) is 65.7 Å². The average molecular weight is 384 g/mol. The molecule has 148 valence electrons. The van der Waals surface area contributed by atoms with Crippen LogP contribution in [-0.2, 0) is 13.0 Å². The first kappa shape index (κ1) is 18.5. The molecule has 1 fully saturated rings. The number of H-pyrrole nitrogens is 1. The van der Waals surface area contributed by atoms with E-state index in [1.165, 1.54) is 17.7 Å². The van der Waals surface area contributed by atoms with Crippen LogP contribution in [0.1, 0.15) is 11.3 Å². The van der Waals surface area contributed by atoms with Crippen LogP contribution in [0.4, 0.5) is 4.39 Å². The molecule has 0 saturated carbocycles. The van der Waals surface area contributed by atoms with E-state index in [-0.39, 0.29) is 5.82 Å². The van der Waals surface area contributed by atoms with E-state index in [1.54, 1.807) is 6.26 Å². The van der Waals surface area contributed by atoms with Crippen LogP contribution in [0.25, 0.3) is 10.9 Å². The van der Waals surface area contributed by atoms with Gasteiger partial charge in [0.25, 0.3) is 0 Å². The van der Waals surface area contributed by atoms with E-state index in [0.717, 1.165) is 68.2 Å². The fourth-order valence-electron chi connectivity index (χ4n) is 3.67. The van der Waals surface area contributed by atoms with Crippen molar-refractivity contribution in [1.82, 2.24) is 25.3 Å². The highest BCUT2D eigenvalue weighted by Crippen LogP contribution is 2.19. The van der Waals surface area contributed by atoms with E-state index in [2.05, 4.69) is 30.2 Å². The van der Waals surface area contributed by atoms with Crippen LogP contribution in [0.5, 0.6) is 0 Å². The Morgan fingerprint density at radius 3 is 2.89 bits per heavy atom. The van der Waals surface area contributed by atoms with E-state index >= 15 is 0 Å². The number of hydrogen-bond donors (Lipinski definition) is 2. The molecule has 0 radical (unpaired) electrons. The second-order valence-corrected chi connectivity index (χ2v) is 6.98. The zero-order valence-electron chi connectivity index (χ0n) is 16.0. The summed E-state index contributed by atoms with van der Waals surface area (Å²) in [6.45, 7) is 5.35. The van der Waals surface area contributed by atoms with Gasteiger partial charge in [0.1, 0.15) is 12.1 Å². The van der Waals surface area contributed by atoms with Crippen molar-refractivity contribution in [3.63, 3.8) is 0 Å². The molecule has 2 N–H and O–H groups in total. The Bertz CT molecular complexity index is 927. The summed E-state index contributed by atoms with van der Waals surface area (Å²) in [5.74, 6) is 0.703. The molecular weight excluding hydrogens is 359 g/mol. The van der Waals surface area contributed by atoms with Crippen LogP contribution in [0, 0.1) is 5.82 Å². The van der Waals surface area contributed by atoms with Crippen molar-refractivity contribution in [2.24, 2.45) is 4.99 Å². The molecule has 0 aliphatic carbocycles. The molecule has 1 aromatic carbocycles. The lowest BCUT2D eigenvalue weighted by Gasteiger charge is -2.36. The normalized spacial score (nSPS) is 16.1. The van der Waals surface area contributed by atoms with Crippen molar-refractivity contribution >= 4 is 16.9 Å². The van der Waals surface area contributed by atoms with E-state index < -0.39 is 0 Å². The summed E-state index contributed by atoms with van der Waals surface area (Å²) in [6, 6.07) is 6.78. The number of hydrogen-bond acceptors (Lipinski definition) is 4. The monoisotopic (exact) mass is 384 g/mol. The van der Waals surface area contributed by atoms with E-state index in [9.17, 15) is 4.39 Å². The standard InChI is InChI=1S/C20H25FN6O/c1-22-20(27-9-7-26(8-10-27)14-17-5-11-28-25-17)23-6-4-15-13-24-19-12-16(21)2-3-18(15)19/h2-3,5,11-13,24H,4,6-10,14H2,1H3,(H,22,23). The van der Waals surface area contributed by atoms with Gasteiger partial charge < -0.3 is 19.7 Å². The molecule has 4 rings (SSSR count). The number of aromatic amines is 1. The molecule has 3 aromatic rings. The van der Waals surface area contributed by atoms with E-state index in [0.29, 0.717) is 0 Å². The highest BCUT2D eigenvalue weighted by atomic mass is 19.1. The van der Waals surface area contributed by atoms with Crippen molar-refractivity contribution in [3.05, 3.63) is 53.8 Å². The van der Waals surface area contributed by atoms with Crippen LogP contribution in [0.15, 0.2) is 46.2 Å². The van der Waals surface area contributed by atoms with Gasteiger partial charge in [0.15, 0.2) is 5.96 Å². The lowest BCUT2D eigenvalue weighted by Crippen LogP contribution is -2.52. The molecule has 28 heavy (non-hydrogen) atoms. The number of fused-ring (bicyclic) bond motifs is 1. The SMILES string of the molecule is CN=C(NCCc1c[nH]c2cc(F)ccc12)N1CCN(Cc2ccon2)CC1. The first-order valence-corrected chi connectivity index (χ1v) is 9.55. The van der Waals surface area contributed by atoms with Gasteiger partial charge in [-0.3, -0.25) is 9.89 Å². The van der Waals surface area contributed by atoms with E-state index in [4.69, 9.17) is 4.52 Å². The van der Waals surface area contributed by atoms with Crippen LogP contribution in [0.2, 0.25) is 0 Å². The number of aromatic nitrogens is 2. The molecule has 7 nitrogen and oxygen atoms in total. The summed E-state index contributed by atoms with van der Waals surface area (Å²) in [6.07, 6.45) is 4.41. The second-order valence-electron chi connectivity index (χ2n) is 6.98. The minimum Gasteiger partial charge on any atom is -0.364 e. The smallest absolute Gasteiger partial charge is 0.193 e. The molecule has 0 bridgehead atoms. The number of nitrogens with one attached hydrogen (secondary N) is 2. The lowest BCUT2D eigenvalue weighted by molar-refractivity contribution is 0.169. The molecule has 1 saturated heterocycles. The number of aliphatic imine (C=N–C) groups is 1. The third-order valence-corrected chi connectivity index (χ3v) is 5.17. The Kier molecular flexibility index (Phi) is 5.57. The topological polar surface area (TPSA) is 72.7 Å². The predicted octanol–water partition coefficient (Wildman–Crippen LogP) is 2.23. The van der Waals surface area contributed by atoms with Crippen molar-refractivity contribution in [3.8, 4) is 0 Å². The molecule has 1 aliphatic rings. The van der Waals surface area contributed by atoms with Crippen molar-refractivity contribution < 1.29 is 8.91 Å². The summed E-state index contributed by atoms with van der Waals surface area (Å²) in [5.41, 5.74) is 2.98. The number of piperazine rings is 1. The number of guanidine groups is 1. The van der Waals surface area contributed by atoms with Gasteiger partial charge in [0.05, 0.1) is 5.69 Å². The lowest BCUT2D eigenvalue weighted by atomic mass is 10.1. The Balaban J connectivity index is 1.27. The largest absolute Gasteiger partial charge is 0.364 e. The maximum absolute atomic E-state index is 13.3. The highest BCUT2D eigenvalue weighted by Gasteiger charge is 2.20. The quantitative estimate of drug-likeness (QED) is 0.521. The molecule has 2 aromatic heterocycles. The maximum Gasteiger partial charge on any atom is 0.193 e. The van der Waals surface area contributed by atoms with Gasteiger partial charge in [-0.1, -0.05) is 5.16 Å². The minimum absolute atomic E-state index is 0.220. The van der Waals surface area contributed by atoms with E-state index in [1.807, 2.05) is 25.4 Å². The van der Waals surface area contributed by atoms with Crippen LogP contribution < -0.4 is 5.32 Å². The Morgan fingerprint density at radius 1 is 1.29 bits per heavy atom. The van der Waals surface area contributed by atoms with Gasteiger partial charge in [-0.15, -0.1) is 0 Å². The summed E-state index contributed by atoms with van der Waals surface area (Å²) >= 11 is 0. The maximum atomic E-state index is 13.3. The van der Waals surface area contributed by atoms with Crippen molar-refractivity contribution in [2.45, 2.75) is 13.0 Å². The highest BCUT2D eigenvalue weighted by molar-refractivity contribution is 5.83.